The molecule has 16 heavy (non-hydrogen) atoms. The predicted octanol–water partition coefficient (Wildman–Crippen LogP) is 0.442. The van der Waals surface area contributed by atoms with Gasteiger partial charge in [0.05, 0.1) is 6.54 Å². The van der Waals surface area contributed by atoms with E-state index in [4.69, 9.17) is 0 Å². The number of hydrogen-bond donors (Lipinski definition) is 2. The van der Waals surface area contributed by atoms with Crippen LogP contribution in [0.2, 0.25) is 0 Å². The fourth-order valence-electron chi connectivity index (χ4n) is 1.97. The number of carbonyl (C=O) groups excluding carboxylic acids is 1. The monoisotopic (exact) mass is 227 g/mol. The number of rotatable bonds is 6. The fraction of sp³-hybridized carbons (Fsp3) is 0.917. The number of carbonyl (C=O) groups is 1. The number of amides is 1. The van der Waals surface area contributed by atoms with Crippen LogP contribution in [0.1, 0.15) is 26.7 Å². The van der Waals surface area contributed by atoms with Crippen LogP contribution < -0.4 is 10.6 Å². The molecule has 0 aromatic carbocycles. The summed E-state index contributed by atoms with van der Waals surface area (Å²) in [7, 11) is 2.15. The van der Waals surface area contributed by atoms with Gasteiger partial charge in [-0.1, -0.05) is 13.8 Å². The molecule has 0 aromatic heterocycles. The van der Waals surface area contributed by atoms with Crippen molar-refractivity contribution in [2.24, 2.45) is 5.92 Å². The molecule has 1 aliphatic rings. The smallest absolute Gasteiger partial charge is 0.233 e. The van der Waals surface area contributed by atoms with Gasteiger partial charge in [0.25, 0.3) is 0 Å². The number of likely N-dealkylation sites (tertiary alicyclic amines) is 1. The summed E-state index contributed by atoms with van der Waals surface area (Å²) >= 11 is 0. The highest BCUT2D eigenvalue weighted by Gasteiger charge is 2.20. The highest BCUT2D eigenvalue weighted by atomic mass is 16.1. The highest BCUT2D eigenvalue weighted by molar-refractivity contribution is 5.77. The molecular weight excluding hydrogens is 202 g/mol. The van der Waals surface area contributed by atoms with Gasteiger partial charge in [0, 0.05) is 19.1 Å². The zero-order valence-corrected chi connectivity index (χ0v) is 10.8. The van der Waals surface area contributed by atoms with Gasteiger partial charge < -0.3 is 15.5 Å². The maximum absolute atomic E-state index is 11.4. The van der Waals surface area contributed by atoms with E-state index in [2.05, 4.69) is 36.4 Å². The second-order valence-corrected chi connectivity index (χ2v) is 5.11. The Kier molecular flexibility index (Phi) is 5.77. The summed E-state index contributed by atoms with van der Waals surface area (Å²) in [5.41, 5.74) is 0. The number of nitrogens with zero attached hydrogens (tertiary/aromatic N) is 1. The van der Waals surface area contributed by atoms with Crippen molar-refractivity contribution in [3.05, 3.63) is 0 Å². The van der Waals surface area contributed by atoms with Crippen LogP contribution in [0, 0.1) is 5.92 Å². The van der Waals surface area contributed by atoms with Crippen molar-refractivity contribution in [3.8, 4) is 0 Å². The average Bonchev–Trinajstić information content (AvgIpc) is 2.61. The van der Waals surface area contributed by atoms with Gasteiger partial charge in [-0.25, -0.2) is 0 Å². The van der Waals surface area contributed by atoms with E-state index < -0.39 is 0 Å². The second-order valence-electron chi connectivity index (χ2n) is 5.11. The van der Waals surface area contributed by atoms with Crippen molar-refractivity contribution in [1.29, 1.82) is 0 Å². The Labute approximate surface area is 98.8 Å². The van der Waals surface area contributed by atoms with E-state index in [1.807, 2.05) is 0 Å². The van der Waals surface area contributed by atoms with E-state index in [0.29, 0.717) is 18.5 Å². The van der Waals surface area contributed by atoms with Crippen LogP contribution in [-0.4, -0.2) is 50.1 Å². The molecule has 1 saturated heterocycles. The Hall–Kier alpha value is -0.610. The lowest BCUT2D eigenvalue weighted by Gasteiger charge is -2.19. The van der Waals surface area contributed by atoms with Crippen LogP contribution in [0.15, 0.2) is 0 Å². The minimum absolute atomic E-state index is 0.106. The summed E-state index contributed by atoms with van der Waals surface area (Å²) < 4.78 is 0. The minimum atomic E-state index is 0.106. The first-order valence-electron chi connectivity index (χ1n) is 6.27. The first kappa shape index (κ1) is 13.5. The SMILES string of the molecule is CC(C)CNC(=O)CNCC1CCCN1C. The molecular formula is C12H25N3O. The van der Waals surface area contributed by atoms with Crippen LogP contribution in [0.4, 0.5) is 0 Å². The van der Waals surface area contributed by atoms with E-state index in [1.54, 1.807) is 0 Å². The minimum Gasteiger partial charge on any atom is -0.355 e. The molecule has 0 aliphatic carbocycles. The van der Waals surface area contributed by atoms with E-state index in [-0.39, 0.29) is 5.91 Å². The molecule has 4 heteroatoms. The number of hydrogen-bond acceptors (Lipinski definition) is 3. The Morgan fingerprint density at radius 1 is 1.50 bits per heavy atom. The number of nitrogens with one attached hydrogen (secondary N) is 2. The summed E-state index contributed by atoms with van der Waals surface area (Å²) in [5.74, 6) is 0.624. The molecule has 4 nitrogen and oxygen atoms in total. The zero-order chi connectivity index (χ0) is 12.0. The molecule has 1 aliphatic heterocycles. The molecule has 0 spiro atoms. The van der Waals surface area contributed by atoms with Crippen LogP contribution in [0.3, 0.4) is 0 Å². The van der Waals surface area contributed by atoms with Crippen molar-refractivity contribution < 1.29 is 4.79 Å². The average molecular weight is 227 g/mol. The fourth-order valence-corrected chi connectivity index (χ4v) is 1.97. The van der Waals surface area contributed by atoms with Crippen LogP contribution in [-0.2, 0) is 4.79 Å². The maximum Gasteiger partial charge on any atom is 0.233 e. The molecule has 1 unspecified atom stereocenters. The van der Waals surface area contributed by atoms with Gasteiger partial charge in [-0.3, -0.25) is 4.79 Å². The Morgan fingerprint density at radius 3 is 2.81 bits per heavy atom. The van der Waals surface area contributed by atoms with E-state index in [9.17, 15) is 4.79 Å². The largest absolute Gasteiger partial charge is 0.355 e. The normalized spacial score (nSPS) is 21.6. The first-order valence-corrected chi connectivity index (χ1v) is 6.27. The molecule has 2 N–H and O–H groups in total. The predicted molar refractivity (Wildman–Crippen MR) is 66.4 cm³/mol. The Balaban J connectivity index is 2.04. The quantitative estimate of drug-likeness (QED) is 0.692. The second kappa shape index (κ2) is 6.86. The summed E-state index contributed by atoms with van der Waals surface area (Å²) in [4.78, 5) is 13.8. The van der Waals surface area contributed by atoms with Crippen LogP contribution in [0.5, 0.6) is 0 Å². The maximum atomic E-state index is 11.4. The molecule has 0 aromatic rings. The van der Waals surface area contributed by atoms with Crippen LogP contribution in [0.25, 0.3) is 0 Å². The zero-order valence-electron chi connectivity index (χ0n) is 10.8. The molecule has 0 saturated carbocycles. The van der Waals surface area contributed by atoms with Gasteiger partial charge in [0.2, 0.25) is 5.91 Å². The van der Waals surface area contributed by atoms with Gasteiger partial charge in [-0.15, -0.1) is 0 Å². The molecule has 1 atom stereocenters. The third-order valence-electron chi connectivity index (χ3n) is 3.04. The van der Waals surface area contributed by atoms with Gasteiger partial charge in [-0.05, 0) is 32.4 Å². The van der Waals surface area contributed by atoms with Crippen molar-refractivity contribution in [1.82, 2.24) is 15.5 Å². The standard InChI is InChI=1S/C12H25N3O/c1-10(2)7-14-12(16)9-13-8-11-5-4-6-15(11)3/h10-11,13H,4-9H2,1-3H3,(H,14,16). The molecule has 94 valence electrons. The third kappa shape index (κ3) is 4.94. The summed E-state index contributed by atoms with van der Waals surface area (Å²) in [6.07, 6.45) is 2.53. The van der Waals surface area contributed by atoms with Gasteiger partial charge in [0.1, 0.15) is 0 Å². The van der Waals surface area contributed by atoms with Crippen molar-refractivity contribution >= 4 is 5.91 Å². The van der Waals surface area contributed by atoms with Gasteiger partial charge >= 0.3 is 0 Å². The van der Waals surface area contributed by atoms with Gasteiger partial charge in [-0.2, -0.15) is 0 Å². The lowest BCUT2D eigenvalue weighted by molar-refractivity contribution is -0.120. The molecule has 1 amide bonds. The number of likely N-dealkylation sites (N-methyl/N-ethyl adjacent to an activating group) is 1. The Morgan fingerprint density at radius 2 is 2.25 bits per heavy atom. The molecule has 1 rings (SSSR count). The third-order valence-corrected chi connectivity index (χ3v) is 3.04. The van der Waals surface area contributed by atoms with Crippen LogP contribution >= 0.6 is 0 Å². The summed E-state index contributed by atoms with van der Waals surface area (Å²) in [6.45, 7) is 7.51. The summed E-state index contributed by atoms with van der Waals surface area (Å²) in [6, 6.07) is 0.609. The lowest BCUT2D eigenvalue weighted by atomic mass is 10.2. The first-order chi connectivity index (χ1) is 7.59. The van der Waals surface area contributed by atoms with Crippen molar-refractivity contribution in [2.45, 2.75) is 32.7 Å². The lowest BCUT2D eigenvalue weighted by Crippen LogP contribution is -2.41. The molecule has 1 fully saturated rings. The topological polar surface area (TPSA) is 44.4 Å². The summed E-state index contributed by atoms with van der Waals surface area (Å²) in [5, 5.41) is 6.13. The molecule has 0 bridgehead atoms. The van der Waals surface area contributed by atoms with E-state index >= 15 is 0 Å². The van der Waals surface area contributed by atoms with E-state index in [1.165, 1.54) is 19.4 Å². The molecule has 1 heterocycles. The van der Waals surface area contributed by atoms with Crippen molar-refractivity contribution in [3.63, 3.8) is 0 Å². The molecule has 0 radical (unpaired) electrons. The Bertz CT molecular complexity index is 218. The van der Waals surface area contributed by atoms with Crippen molar-refractivity contribution in [2.75, 3.05) is 33.2 Å². The highest BCUT2D eigenvalue weighted by Crippen LogP contribution is 2.13. The van der Waals surface area contributed by atoms with E-state index in [0.717, 1.165) is 13.1 Å². The van der Waals surface area contributed by atoms with Gasteiger partial charge in [0.15, 0.2) is 0 Å².